The highest BCUT2D eigenvalue weighted by Crippen LogP contribution is 2.27. The number of nitriles is 1. The second kappa shape index (κ2) is 5.68. The Morgan fingerprint density at radius 1 is 1.48 bits per heavy atom. The van der Waals surface area contributed by atoms with Gasteiger partial charge in [-0.2, -0.15) is 9.64 Å². The first-order valence-corrected chi connectivity index (χ1v) is 7.26. The molecule has 8 heteroatoms. The number of fused-ring (bicyclic) bond motifs is 1. The summed E-state index contributed by atoms with van der Waals surface area (Å²) in [5.74, 6) is 0.450. The second-order valence-corrected chi connectivity index (χ2v) is 5.44. The third-order valence-electron chi connectivity index (χ3n) is 2.90. The summed E-state index contributed by atoms with van der Waals surface area (Å²) in [5.41, 5.74) is 1.75. The Morgan fingerprint density at radius 3 is 3.14 bits per heavy atom. The molecule has 0 radical (unpaired) electrons. The molecule has 5 nitrogen and oxygen atoms in total. The van der Waals surface area contributed by atoms with Crippen molar-refractivity contribution in [2.24, 2.45) is 0 Å². The molecule has 0 aliphatic carbocycles. The van der Waals surface area contributed by atoms with Crippen LogP contribution in [0.2, 0.25) is 5.15 Å². The quantitative estimate of drug-likeness (QED) is 0.772. The molecular weight excluding hydrogens is 313 g/mol. The zero-order valence-corrected chi connectivity index (χ0v) is 12.2. The van der Waals surface area contributed by atoms with Crippen LogP contribution < -0.4 is 5.32 Å². The Morgan fingerprint density at radius 2 is 2.33 bits per heavy atom. The summed E-state index contributed by atoms with van der Waals surface area (Å²) in [5, 5.41) is 12.9. The van der Waals surface area contributed by atoms with Gasteiger partial charge < -0.3 is 10.3 Å². The number of aromatic nitrogens is 3. The lowest BCUT2D eigenvalue weighted by molar-refractivity contribution is 0.629. The Kier molecular flexibility index (Phi) is 3.73. The van der Waals surface area contributed by atoms with E-state index in [9.17, 15) is 4.39 Å². The van der Waals surface area contributed by atoms with Crippen LogP contribution in [-0.2, 0) is 6.42 Å². The van der Waals surface area contributed by atoms with Crippen molar-refractivity contribution in [2.75, 3.05) is 11.9 Å². The number of aromatic amines is 1. The van der Waals surface area contributed by atoms with Gasteiger partial charge in [0.25, 0.3) is 0 Å². The molecule has 0 unspecified atom stereocenters. The summed E-state index contributed by atoms with van der Waals surface area (Å²) in [7, 11) is 0. The molecule has 0 saturated carbocycles. The molecule has 21 heavy (non-hydrogen) atoms. The minimum absolute atomic E-state index is 0.212. The number of anilines is 1. The number of hydrogen-bond donors (Lipinski definition) is 2. The van der Waals surface area contributed by atoms with Gasteiger partial charge in [-0.15, -0.1) is 0 Å². The molecule has 0 amide bonds. The fraction of sp³-hybridized carbons (Fsp3) is 0.154. The van der Waals surface area contributed by atoms with Crippen LogP contribution in [0.5, 0.6) is 0 Å². The summed E-state index contributed by atoms with van der Waals surface area (Å²) in [6.07, 6.45) is 0.608. The number of hydrogen-bond acceptors (Lipinski definition) is 5. The molecule has 0 saturated heterocycles. The van der Waals surface area contributed by atoms with E-state index in [0.717, 1.165) is 22.9 Å². The summed E-state index contributed by atoms with van der Waals surface area (Å²) in [6, 6.07) is 6.43. The second-order valence-electron chi connectivity index (χ2n) is 4.31. The predicted molar refractivity (Wildman–Crippen MR) is 80.1 cm³/mol. The van der Waals surface area contributed by atoms with Crippen LogP contribution >= 0.6 is 23.1 Å². The molecule has 2 aromatic heterocycles. The van der Waals surface area contributed by atoms with E-state index >= 15 is 0 Å². The van der Waals surface area contributed by atoms with E-state index in [1.807, 2.05) is 6.07 Å². The number of rotatable bonds is 4. The van der Waals surface area contributed by atoms with E-state index in [1.165, 1.54) is 12.1 Å². The summed E-state index contributed by atoms with van der Waals surface area (Å²) in [4.78, 5) is 7.43. The van der Waals surface area contributed by atoms with Gasteiger partial charge in [-0.1, -0.05) is 11.6 Å². The molecule has 106 valence electrons. The first kappa shape index (κ1) is 13.8. The predicted octanol–water partition coefficient (Wildman–Crippen LogP) is 3.34. The van der Waals surface area contributed by atoms with Crippen molar-refractivity contribution < 1.29 is 4.39 Å². The van der Waals surface area contributed by atoms with Crippen LogP contribution in [0.1, 0.15) is 11.4 Å². The molecule has 0 aliphatic heterocycles. The lowest BCUT2D eigenvalue weighted by Crippen LogP contribution is -2.05. The average Bonchev–Trinajstić information content (AvgIpc) is 3.01. The van der Waals surface area contributed by atoms with Crippen LogP contribution in [0.25, 0.3) is 11.0 Å². The fourth-order valence-electron chi connectivity index (χ4n) is 1.94. The van der Waals surface area contributed by atoms with Gasteiger partial charge in [-0.25, -0.2) is 9.37 Å². The van der Waals surface area contributed by atoms with E-state index in [2.05, 4.69) is 19.7 Å². The van der Waals surface area contributed by atoms with Crippen molar-refractivity contribution in [3.05, 3.63) is 40.6 Å². The molecule has 0 atom stereocenters. The Hall–Kier alpha value is -2.17. The minimum Gasteiger partial charge on any atom is -0.374 e. The fourth-order valence-corrected chi connectivity index (χ4v) is 2.89. The van der Waals surface area contributed by atoms with Crippen molar-refractivity contribution in [3.8, 4) is 6.07 Å². The van der Waals surface area contributed by atoms with E-state index in [-0.39, 0.29) is 11.0 Å². The Labute approximate surface area is 128 Å². The van der Waals surface area contributed by atoms with E-state index in [0.29, 0.717) is 29.0 Å². The van der Waals surface area contributed by atoms with Crippen LogP contribution in [-0.4, -0.2) is 20.9 Å². The average molecular weight is 322 g/mol. The molecule has 3 aromatic rings. The number of nitrogens with one attached hydrogen (secondary N) is 2. The Bertz CT molecular complexity index is 835. The SMILES string of the molecule is N#Cc1c(Cl)nsc1NCCc1nc2ccc(F)cc2[nH]1. The van der Waals surface area contributed by atoms with Gasteiger partial charge in [-0.05, 0) is 29.7 Å². The van der Waals surface area contributed by atoms with Crippen LogP contribution in [0, 0.1) is 17.1 Å². The Balaban J connectivity index is 1.68. The zero-order valence-electron chi connectivity index (χ0n) is 10.7. The highest BCUT2D eigenvalue weighted by Gasteiger charge is 2.11. The van der Waals surface area contributed by atoms with Gasteiger partial charge in [0.15, 0.2) is 5.15 Å². The smallest absolute Gasteiger partial charge is 0.162 e. The van der Waals surface area contributed by atoms with E-state index < -0.39 is 0 Å². The van der Waals surface area contributed by atoms with Gasteiger partial charge in [0.05, 0.1) is 11.0 Å². The third-order valence-corrected chi connectivity index (χ3v) is 4.08. The molecular formula is C13H9ClFN5S. The molecule has 0 bridgehead atoms. The first-order chi connectivity index (χ1) is 10.2. The van der Waals surface area contributed by atoms with Crippen molar-refractivity contribution in [1.82, 2.24) is 14.3 Å². The lowest BCUT2D eigenvalue weighted by Gasteiger charge is -2.01. The number of H-pyrrole nitrogens is 1. The van der Waals surface area contributed by atoms with Crippen molar-refractivity contribution in [2.45, 2.75) is 6.42 Å². The molecule has 1 aromatic carbocycles. The maximum absolute atomic E-state index is 13.1. The topological polar surface area (TPSA) is 77.4 Å². The van der Waals surface area contributed by atoms with Gasteiger partial charge in [0.2, 0.25) is 0 Å². The molecule has 3 rings (SSSR count). The van der Waals surface area contributed by atoms with Gasteiger partial charge >= 0.3 is 0 Å². The normalized spacial score (nSPS) is 10.7. The largest absolute Gasteiger partial charge is 0.374 e. The number of halogens is 2. The molecule has 0 spiro atoms. The lowest BCUT2D eigenvalue weighted by atomic mass is 10.3. The highest BCUT2D eigenvalue weighted by atomic mass is 35.5. The van der Waals surface area contributed by atoms with Gasteiger partial charge in [0, 0.05) is 13.0 Å². The summed E-state index contributed by atoms with van der Waals surface area (Å²) >= 11 is 6.94. The number of benzene rings is 1. The van der Waals surface area contributed by atoms with Crippen LogP contribution in [0.15, 0.2) is 18.2 Å². The van der Waals surface area contributed by atoms with E-state index in [1.54, 1.807) is 6.07 Å². The standard InChI is InChI=1S/C13H9ClFN5S/c14-12-8(6-16)13(21-20-12)17-4-3-11-18-9-2-1-7(15)5-10(9)19-11/h1-2,5,17H,3-4H2,(H,18,19). The summed E-state index contributed by atoms with van der Waals surface area (Å²) < 4.78 is 17.0. The maximum Gasteiger partial charge on any atom is 0.162 e. The third kappa shape index (κ3) is 2.82. The number of nitrogens with zero attached hydrogens (tertiary/aromatic N) is 3. The molecule has 0 fully saturated rings. The monoisotopic (exact) mass is 321 g/mol. The van der Waals surface area contributed by atoms with Crippen LogP contribution in [0.4, 0.5) is 9.39 Å². The molecule has 2 N–H and O–H groups in total. The highest BCUT2D eigenvalue weighted by molar-refractivity contribution is 7.10. The van der Waals surface area contributed by atoms with Crippen molar-refractivity contribution >= 4 is 39.2 Å². The van der Waals surface area contributed by atoms with Gasteiger partial charge in [0.1, 0.15) is 28.3 Å². The zero-order chi connectivity index (χ0) is 14.8. The number of imidazole rings is 1. The first-order valence-electron chi connectivity index (χ1n) is 6.10. The van der Waals surface area contributed by atoms with Gasteiger partial charge in [-0.3, -0.25) is 0 Å². The molecule has 2 heterocycles. The minimum atomic E-state index is -0.297. The van der Waals surface area contributed by atoms with Crippen molar-refractivity contribution in [3.63, 3.8) is 0 Å². The van der Waals surface area contributed by atoms with Crippen LogP contribution in [0.3, 0.4) is 0 Å². The van der Waals surface area contributed by atoms with Crippen molar-refractivity contribution in [1.29, 1.82) is 5.26 Å². The maximum atomic E-state index is 13.1. The van der Waals surface area contributed by atoms with E-state index in [4.69, 9.17) is 16.9 Å². The molecule has 0 aliphatic rings. The summed E-state index contributed by atoms with van der Waals surface area (Å²) in [6.45, 7) is 0.565.